The van der Waals surface area contributed by atoms with Crippen LogP contribution in [0.5, 0.6) is 0 Å². The number of ether oxygens (including phenoxy) is 3. The van der Waals surface area contributed by atoms with Gasteiger partial charge in [0, 0.05) is 19.3 Å². The lowest BCUT2D eigenvalue weighted by atomic mass is 10.1. The molecule has 412 valence electrons. The highest BCUT2D eigenvalue weighted by molar-refractivity contribution is 5.71. The Balaban J connectivity index is 4.44. The Kier molecular flexibility index (Phi) is 56.8. The smallest absolute Gasteiger partial charge is 0.306 e. The topological polar surface area (TPSA) is 78.9 Å². The van der Waals surface area contributed by atoms with Gasteiger partial charge in [0.05, 0.1) is 0 Å². The van der Waals surface area contributed by atoms with E-state index in [9.17, 15) is 14.4 Å². The summed E-state index contributed by atoms with van der Waals surface area (Å²) < 4.78 is 16.9. The van der Waals surface area contributed by atoms with Crippen molar-refractivity contribution in [3.63, 3.8) is 0 Å². The maximum atomic E-state index is 12.9. The minimum absolute atomic E-state index is 0.0949. The summed E-state index contributed by atoms with van der Waals surface area (Å²) in [6.07, 6.45) is 79.6. The van der Waals surface area contributed by atoms with E-state index >= 15 is 0 Å². The van der Waals surface area contributed by atoms with E-state index in [1.54, 1.807) is 0 Å². The van der Waals surface area contributed by atoms with E-state index in [1.807, 2.05) is 0 Å². The summed E-state index contributed by atoms with van der Waals surface area (Å²) in [7, 11) is 0. The third-order valence-electron chi connectivity index (χ3n) is 12.8. The van der Waals surface area contributed by atoms with Gasteiger partial charge in [0.25, 0.3) is 0 Å². The summed E-state index contributed by atoms with van der Waals surface area (Å²) in [6.45, 7) is 6.54. The van der Waals surface area contributed by atoms with E-state index in [1.165, 1.54) is 116 Å². The second-order valence-corrected chi connectivity index (χ2v) is 19.9. The van der Waals surface area contributed by atoms with Crippen LogP contribution in [0.2, 0.25) is 0 Å². The average Bonchev–Trinajstić information content (AvgIpc) is 3.38. The third-order valence-corrected chi connectivity index (χ3v) is 12.8. The highest BCUT2D eigenvalue weighted by Crippen LogP contribution is 2.14. The van der Waals surface area contributed by atoms with E-state index in [2.05, 4.69) is 118 Å². The number of carbonyl (C=O) groups is 3. The summed E-state index contributed by atoms with van der Waals surface area (Å²) in [5.41, 5.74) is 0. The first-order valence-corrected chi connectivity index (χ1v) is 30.2. The van der Waals surface area contributed by atoms with Crippen LogP contribution < -0.4 is 0 Å². The van der Waals surface area contributed by atoms with Crippen LogP contribution in [0.3, 0.4) is 0 Å². The molecule has 0 radical (unpaired) electrons. The number of hydrogen-bond donors (Lipinski definition) is 0. The van der Waals surface area contributed by atoms with Crippen LogP contribution in [0.15, 0.2) is 97.2 Å². The number of esters is 3. The third kappa shape index (κ3) is 57.2. The van der Waals surface area contributed by atoms with Crippen molar-refractivity contribution in [2.75, 3.05) is 13.2 Å². The van der Waals surface area contributed by atoms with Crippen molar-refractivity contribution >= 4 is 17.9 Å². The lowest BCUT2D eigenvalue weighted by Crippen LogP contribution is -2.30. The molecule has 0 aromatic rings. The van der Waals surface area contributed by atoms with E-state index < -0.39 is 6.10 Å². The van der Waals surface area contributed by atoms with Gasteiger partial charge in [-0.2, -0.15) is 0 Å². The molecular weight excluding hydrogens is 889 g/mol. The largest absolute Gasteiger partial charge is 0.462 e. The van der Waals surface area contributed by atoms with Gasteiger partial charge >= 0.3 is 17.9 Å². The molecule has 0 bridgehead atoms. The van der Waals surface area contributed by atoms with E-state index in [4.69, 9.17) is 14.2 Å². The molecule has 0 saturated carbocycles. The number of hydrogen-bond acceptors (Lipinski definition) is 6. The van der Waals surface area contributed by atoms with Gasteiger partial charge in [-0.25, -0.2) is 0 Å². The maximum absolute atomic E-state index is 12.9. The Morgan fingerprint density at radius 3 is 0.847 bits per heavy atom. The van der Waals surface area contributed by atoms with Gasteiger partial charge in [0.1, 0.15) is 13.2 Å². The molecule has 0 heterocycles. The fourth-order valence-corrected chi connectivity index (χ4v) is 8.18. The first-order valence-electron chi connectivity index (χ1n) is 30.2. The highest BCUT2D eigenvalue weighted by atomic mass is 16.6. The van der Waals surface area contributed by atoms with E-state index in [-0.39, 0.29) is 31.1 Å². The molecule has 0 aliphatic carbocycles. The van der Waals surface area contributed by atoms with Crippen LogP contribution in [0.1, 0.15) is 284 Å². The summed E-state index contributed by atoms with van der Waals surface area (Å²) >= 11 is 0. The molecule has 0 fully saturated rings. The number of allylic oxidation sites excluding steroid dienone is 16. The Bertz CT molecular complexity index is 1430. The zero-order chi connectivity index (χ0) is 52.2. The second-order valence-electron chi connectivity index (χ2n) is 19.9. The highest BCUT2D eigenvalue weighted by Gasteiger charge is 2.19. The lowest BCUT2D eigenvalue weighted by molar-refractivity contribution is -0.167. The van der Waals surface area contributed by atoms with Crippen LogP contribution in [0.4, 0.5) is 0 Å². The van der Waals surface area contributed by atoms with E-state index in [0.29, 0.717) is 19.3 Å². The van der Waals surface area contributed by atoms with Crippen LogP contribution in [-0.2, 0) is 28.6 Å². The Hall–Kier alpha value is -3.67. The Labute approximate surface area is 445 Å². The van der Waals surface area contributed by atoms with Gasteiger partial charge in [0.2, 0.25) is 0 Å². The Morgan fingerprint density at radius 2 is 0.514 bits per heavy atom. The van der Waals surface area contributed by atoms with Gasteiger partial charge < -0.3 is 14.2 Å². The number of rotatable bonds is 54. The first kappa shape index (κ1) is 68.3. The van der Waals surface area contributed by atoms with Gasteiger partial charge in [0.15, 0.2) is 6.10 Å². The molecule has 0 aliphatic heterocycles. The molecule has 1 unspecified atom stereocenters. The second kappa shape index (κ2) is 59.9. The van der Waals surface area contributed by atoms with Crippen LogP contribution in [0.25, 0.3) is 0 Å². The van der Waals surface area contributed by atoms with Gasteiger partial charge in [-0.15, -0.1) is 0 Å². The summed E-state index contributed by atoms with van der Waals surface area (Å²) in [6, 6.07) is 0. The molecule has 0 aromatic carbocycles. The van der Waals surface area contributed by atoms with E-state index in [0.717, 1.165) is 128 Å². The fourth-order valence-electron chi connectivity index (χ4n) is 8.18. The quantitative estimate of drug-likeness (QED) is 0.0261. The molecule has 0 aliphatic rings. The minimum atomic E-state index is -0.798. The average molecular weight is 1000 g/mol. The molecule has 0 spiro atoms. The van der Waals surface area contributed by atoms with Crippen LogP contribution in [-0.4, -0.2) is 37.2 Å². The molecule has 6 heteroatoms. The van der Waals surface area contributed by atoms with Crippen molar-refractivity contribution < 1.29 is 28.6 Å². The van der Waals surface area contributed by atoms with Gasteiger partial charge in [-0.05, 0) is 122 Å². The molecule has 0 rings (SSSR count). The summed E-state index contributed by atoms with van der Waals surface area (Å²) in [5, 5.41) is 0. The van der Waals surface area contributed by atoms with Crippen molar-refractivity contribution in [1.82, 2.24) is 0 Å². The minimum Gasteiger partial charge on any atom is -0.462 e. The van der Waals surface area contributed by atoms with Crippen molar-refractivity contribution in [3.05, 3.63) is 97.2 Å². The van der Waals surface area contributed by atoms with Crippen molar-refractivity contribution in [2.24, 2.45) is 0 Å². The zero-order valence-corrected chi connectivity index (χ0v) is 47.2. The standard InChI is InChI=1S/C66H112O6/c1-4-7-10-13-16-19-22-25-28-30-32-33-35-36-38-41-44-47-50-53-56-59-65(68)71-62-63(61-70-64(67)58-55-52-49-46-43-40-27-24-21-18-15-12-9-6-3)72-66(69)60-57-54-51-48-45-42-39-37-34-31-29-26-23-20-17-14-11-8-5-2/h15,17-18,20,22,24-27,29-30,32,34-37,63H,4-14,16,19,21,23,28,31,33,38-62H2,1-3H3/b18-15-,20-17-,25-22-,27-24-,29-26-,32-30-,36-35-,37-34-. The molecule has 72 heavy (non-hydrogen) atoms. The first-order chi connectivity index (χ1) is 35.5. The zero-order valence-electron chi connectivity index (χ0n) is 47.2. The summed E-state index contributed by atoms with van der Waals surface area (Å²) in [5.74, 6) is -0.928. The predicted octanol–water partition coefficient (Wildman–Crippen LogP) is 20.5. The van der Waals surface area contributed by atoms with Gasteiger partial charge in [-0.1, -0.05) is 240 Å². The maximum Gasteiger partial charge on any atom is 0.306 e. The normalized spacial score (nSPS) is 12.8. The molecule has 0 aromatic heterocycles. The lowest BCUT2D eigenvalue weighted by Gasteiger charge is -2.18. The fraction of sp³-hybridized carbons (Fsp3) is 0.712. The number of unbranched alkanes of at least 4 members (excludes halogenated alkanes) is 27. The molecule has 0 N–H and O–H groups in total. The molecule has 1 atom stereocenters. The molecular formula is C66H112O6. The molecule has 6 nitrogen and oxygen atoms in total. The van der Waals surface area contributed by atoms with Crippen LogP contribution in [0, 0.1) is 0 Å². The predicted molar refractivity (Wildman–Crippen MR) is 311 cm³/mol. The van der Waals surface area contributed by atoms with Crippen molar-refractivity contribution in [3.8, 4) is 0 Å². The van der Waals surface area contributed by atoms with Crippen molar-refractivity contribution in [2.45, 2.75) is 290 Å². The Morgan fingerprint density at radius 1 is 0.278 bits per heavy atom. The van der Waals surface area contributed by atoms with Gasteiger partial charge in [-0.3, -0.25) is 14.4 Å². The van der Waals surface area contributed by atoms with Crippen molar-refractivity contribution in [1.29, 1.82) is 0 Å². The molecule has 0 saturated heterocycles. The number of carbonyl (C=O) groups excluding carboxylic acids is 3. The summed E-state index contributed by atoms with van der Waals surface area (Å²) in [4.78, 5) is 38.2. The molecule has 0 amide bonds. The van der Waals surface area contributed by atoms with Crippen LogP contribution >= 0.6 is 0 Å². The SMILES string of the molecule is CCCC/C=C\C/C=C\CCCCCCCC(=O)OCC(COC(=O)CCCCCCCC/C=C\C/C=C\C/C=C\CCCCCCC)OC(=O)CCCCCCCC/C=C\C/C=C\C/C=C\CCCCC. The monoisotopic (exact) mass is 1000 g/mol.